The van der Waals surface area contributed by atoms with Crippen molar-refractivity contribution in [1.29, 1.82) is 0 Å². The van der Waals surface area contributed by atoms with Gasteiger partial charge in [-0.2, -0.15) is 13.2 Å². The molecular formula is C7H5F3O2S. The number of hydrogen-bond acceptors (Lipinski definition) is 1. The highest BCUT2D eigenvalue weighted by molar-refractivity contribution is 7.79. The Morgan fingerprint density at radius 1 is 1.31 bits per heavy atom. The van der Waals surface area contributed by atoms with E-state index in [4.69, 9.17) is 4.55 Å². The first-order chi connectivity index (χ1) is 5.91. The number of alkyl halides is 3. The van der Waals surface area contributed by atoms with Gasteiger partial charge in [-0.05, 0) is 18.2 Å². The first-order valence-electron chi connectivity index (χ1n) is 3.19. The first kappa shape index (κ1) is 10.2. The van der Waals surface area contributed by atoms with Crippen LogP contribution in [0.25, 0.3) is 0 Å². The summed E-state index contributed by atoms with van der Waals surface area (Å²) in [6, 6.07) is 3.74. The van der Waals surface area contributed by atoms with Gasteiger partial charge in [-0.25, -0.2) is 4.21 Å². The normalized spacial score (nSPS) is 14.2. The van der Waals surface area contributed by atoms with Crippen molar-refractivity contribution < 1.29 is 21.9 Å². The SMILES string of the molecule is O=S(O)c1cccc(C(F)(F)F)c1. The predicted octanol–water partition coefficient (Wildman–Crippen LogP) is 2.29. The standard InChI is InChI=1S/C7H5F3O2S/c8-7(9,10)5-2-1-3-6(4-5)13(11)12/h1-4H,(H,11,12). The average molecular weight is 210 g/mol. The third-order valence-corrected chi connectivity index (χ3v) is 2.02. The van der Waals surface area contributed by atoms with Crippen LogP contribution in [0, 0.1) is 0 Å². The molecule has 0 radical (unpaired) electrons. The van der Waals surface area contributed by atoms with Crippen molar-refractivity contribution in [2.24, 2.45) is 0 Å². The molecule has 0 fully saturated rings. The maximum Gasteiger partial charge on any atom is 0.416 e. The van der Waals surface area contributed by atoms with Gasteiger partial charge in [0.2, 0.25) is 0 Å². The Morgan fingerprint density at radius 3 is 2.38 bits per heavy atom. The third kappa shape index (κ3) is 2.53. The lowest BCUT2D eigenvalue weighted by atomic mass is 10.2. The second-order valence-electron chi connectivity index (χ2n) is 2.27. The van der Waals surface area contributed by atoms with E-state index < -0.39 is 22.8 Å². The van der Waals surface area contributed by atoms with Gasteiger partial charge in [-0.15, -0.1) is 0 Å². The van der Waals surface area contributed by atoms with E-state index in [-0.39, 0.29) is 4.90 Å². The molecule has 2 nitrogen and oxygen atoms in total. The molecule has 72 valence electrons. The van der Waals surface area contributed by atoms with E-state index in [1.807, 2.05) is 0 Å². The molecule has 0 bridgehead atoms. The molecule has 0 heterocycles. The maximum absolute atomic E-state index is 12.1. The molecule has 1 N–H and O–H groups in total. The molecule has 0 aliphatic heterocycles. The van der Waals surface area contributed by atoms with E-state index in [9.17, 15) is 17.4 Å². The van der Waals surface area contributed by atoms with Crippen molar-refractivity contribution in [2.75, 3.05) is 0 Å². The van der Waals surface area contributed by atoms with Crippen LogP contribution in [-0.4, -0.2) is 8.76 Å². The molecule has 1 atom stereocenters. The number of halogens is 3. The molecule has 1 rings (SSSR count). The van der Waals surface area contributed by atoms with Crippen LogP contribution in [-0.2, 0) is 17.3 Å². The van der Waals surface area contributed by atoms with Crippen LogP contribution in [0.5, 0.6) is 0 Å². The molecule has 13 heavy (non-hydrogen) atoms. The summed E-state index contributed by atoms with van der Waals surface area (Å²) in [6.45, 7) is 0. The van der Waals surface area contributed by atoms with Crippen molar-refractivity contribution in [2.45, 2.75) is 11.1 Å². The van der Waals surface area contributed by atoms with Gasteiger partial charge < -0.3 is 4.55 Å². The third-order valence-electron chi connectivity index (χ3n) is 1.36. The van der Waals surface area contributed by atoms with Gasteiger partial charge in [-0.3, -0.25) is 0 Å². The second kappa shape index (κ2) is 3.47. The smallest absolute Gasteiger partial charge is 0.302 e. The Kier molecular flexibility index (Phi) is 2.72. The van der Waals surface area contributed by atoms with E-state index in [2.05, 4.69) is 0 Å². The van der Waals surface area contributed by atoms with Gasteiger partial charge in [0.05, 0.1) is 10.5 Å². The average Bonchev–Trinajstić information content (AvgIpc) is 2.03. The predicted molar refractivity (Wildman–Crippen MR) is 40.5 cm³/mol. The van der Waals surface area contributed by atoms with Crippen LogP contribution >= 0.6 is 0 Å². The fourth-order valence-corrected chi connectivity index (χ4v) is 1.20. The van der Waals surface area contributed by atoms with Crippen LogP contribution in [0.3, 0.4) is 0 Å². The monoisotopic (exact) mass is 210 g/mol. The van der Waals surface area contributed by atoms with Gasteiger partial charge in [0.25, 0.3) is 0 Å². The highest BCUT2D eigenvalue weighted by Gasteiger charge is 2.30. The largest absolute Gasteiger partial charge is 0.416 e. The van der Waals surface area contributed by atoms with Crippen LogP contribution in [0.1, 0.15) is 5.56 Å². The van der Waals surface area contributed by atoms with Crippen molar-refractivity contribution >= 4 is 11.1 Å². The number of benzene rings is 1. The van der Waals surface area contributed by atoms with Crippen LogP contribution in [0.15, 0.2) is 29.2 Å². The van der Waals surface area contributed by atoms with Gasteiger partial charge in [-0.1, -0.05) is 6.07 Å². The minimum atomic E-state index is -4.48. The van der Waals surface area contributed by atoms with Crippen LogP contribution < -0.4 is 0 Å². The molecule has 0 aliphatic rings. The molecule has 0 spiro atoms. The molecule has 0 aromatic heterocycles. The summed E-state index contributed by atoms with van der Waals surface area (Å²) in [5.74, 6) is 0. The summed E-state index contributed by atoms with van der Waals surface area (Å²) in [4.78, 5) is -0.255. The van der Waals surface area contributed by atoms with E-state index >= 15 is 0 Å². The fraction of sp³-hybridized carbons (Fsp3) is 0.143. The first-order valence-corrected chi connectivity index (χ1v) is 4.30. The topological polar surface area (TPSA) is 37.3 Å². The summed E-state index contributed by atoms with van der Waals surface area (Å²) in [6.07, 6.45) is -4.48. The quantitative estimate of drug-likeness (QED) is 0.722. The molecule has 0 amide bonds. The maximum atomic E-state index is 12.1. The Labute approximate surface area is 74.7 Å². The zero-order chi connectivity index (χ0) is 10.1. The van der Waals surface area contributed by atoms with Crippen molar-refractivity contribution in [3.63, 3.8) is 0 Å². The van der Waals surface area contributed by atoms with E-state index in [0.717, 1.165) is 18.2 Å². The molecule has 0 saturated heterocycles. The Bertz CT molecular complexity index is 335. The zero-order valence-corrected chi connectivity index (χ0v) is 7.02. The summed E-state index contributed by atoms with van der Waals surface area (Å²) in [5.41, 5.74) is -0.924. The summed E-state index contributed by atoms with van der Waals surface area (Å²) >= 11 is -2.37. The lowest BCUT2D eigenvalue weighted by molar-refractivity contribution is -0.137. The van der Waals surface area contributed by atoms with Gasteiger partial charge in [0.1, 0.15) is 0 Å². The fourth-order valence-electron chi connectivity index (χ4n) is 0.781. The minimum Gasteiger partial charge on any atom is -0.302 e. The Hall–Kier alpha value is -0.880. The highest BCUT2D eigenvalue weighted by Crippen LogP contribution is 2.29. The van der Waals surface area contributed by atoms with Crippen LogP contribution in [0.4, 0.5) is 13.2 Å². The van der Waals surface area contributed by atoms with Crippen molar-refractivity contribution in [3.8, 4) is 0 Å². The molecule has 6 heteroatoms. The van der Waals surface area contributed by atoms with Gasteiger partial charge in [0.15, 0.2) is 11.1 Å². The highest BCUT2D eigenvalue weighted by atomic mass is 32.2. The Balaban J connectivity index is 3.13. The van der Waals surface area contributed by atoms with Gasteiger partial charge >= 0.3 is 6.18 Å². The lowest BCUT2D eigenvalue weighted by Gasteiger charge is -2.06. The molecule has 0 aliphatic carbocycles. The summed E-state index contributed by atoms with van der Waals surface area (Å²) < 4.78 is 55.1. The van der Waals surface area contributed by atoms with Crippen molar-refractivity contribution in [3.05, 3.63) is 29.8 Å². The number of hydrogen-bond donors (Lipinski definition) is 1. The summed E-state index contributed by atoms with van der Waals surface area (Å²) in [7, 11) is 0. The molecule has 1 aromatic carbocycles. The summed E-state index contributed by atoms with van der Waals surface area (Å²) in [5, 5.41) is 0. The van der Waals surface area contributed by atoms with Gasteiger partial charge in [0, 0.05) is 0 Å². The van der Waals surface area contributed by atoms with E-state index in [1.165, 1.54) is 0 Å². The zero-order valence-electron chi connectivity index (χ0n) is 6.21. The number of rotatable bonds is 1. The molecule has 1 unspecified atom stereocenters. The minimum absolute atomic E-state index is 0.255. The van der Waals surface area contributed by atoms with Crippen molar-refractivity contribution in [1.82, 2.24) is 0 Å². The van der Waals surface area contributed by atoms with E-state index in [0.29, 0.717) is 6.07 Å². The Morgan fingerprint density at radius 2 is 1.92 bits per heavy atom. The van der Waals surface area contributed by atoms with Crippen LogP contribution in [0.2, 0.25) is 0 Å². The molecule has 1 aromatic rings. The van der Waals surface area contributed by atoms with E-state index in [1.54, 1.807) is 0 Å². The second-order valence-corrected chi connectivity index (χ2v) is 3.24. The molecule has 0 saturated carbocycles. The lowest BCUT2D eigenvalue weighted by Crippen LogP contribution is -2.05. The molecular weight excluding hydrogens is 205 g/mol.